The second-order valence-corrected chi connectivity index (χ2v) is 1.46. The Balaban J connectivity index is 2.92. The van der Waals surface area contributed by atoms with Crippen molar-refractivity contribution in [2.45, 2.75) is 20.1 Å². The Morgan fingerprint density at radius 2 is 2.38 bits per heavy atom. The SMILES string of the molecule is CCOC(C)NCO. The van der Waals surface area contributed by atoms with Gasteiger partial charge < -0.3 is 9.84 Å². The van der Waals surface area contributed by atoms with Crippen molar-refractivity contribution in [2.75, 3.05) is 13.3 Å². The van der Waals surface area contributed by atoms with Crippen LogP contribution >= 0.6 is 0 Å². The predicted molar refractivity (Wildman–Crippen MR) is 31.3 cm³/mol. The Bertz CT molecular complexity index is 43.7. The first-order valence-corrected chi connectivity index (χ1v) is 2.77. The third-order valence-corrected chi connectivity index (χ3v) is 0.795. The molecule has 3 nitrogen and oxygen atoms in total. The first-order valence-electron chi connectivity index (χ1n) is 2.77. The average Bonchev–Trinajstić information content (AvgIpc) is 1.68. The molecule has 0 aromatic carbocycles. The summed E-state index contributed by atoms with van der Waals surface area (Å²) in [7, 11) is 0. The van der Waals surface area contributed by atoms with Crippen LogP contribution in [0.2, 0.25) is 0 Å². The standard InChI is InChI=1S/C5H13NO2/c1-3-8-5(2)6-4-7/h5-7H,3-4H2,1-2H3. The number of rotatable bonds is 4. The molecular formula is C5H13NO2. The molecule has 0 radical (unpaired) electrons. The predicted octanol–water partition coefficient (Wildman–Crippen LogP) is -0.0917. The third kappa shape index (κ3) is 4.05. The van der Waals surface area contributed by atoms with Crippen molar-refractivity contribution in [2.24, 2.45) is 0 Å². The van der Waals surface area contributed by atoms with Crippen molar-refractivity contribution in [3.63, 3.8) is 0 Å². The molecule has 2 N–H and O–H groups in total. The molecule has 0 aliphatic heterocycles. The molecule has 0 rings (SSSR count). The minimum absolute atomic E-state index is 0.0266. The maximum absolute atomic E-state index is 8.27. The van der Waals surface area contributed by atoms with Crippen LogP contribution in [0.15, 0.2) is 0 Å². The molecule has 0 amide bonds. The van der Waals surface area contributed by atoms with Crippen LogP contribution in [0.25, 0.3) is 0 Å². The van der Waals surface area contributed by atoms with E-state index in [0.717, 1.165) is 0 Å². The Morgan fingerprint density at radius 3 is 2.75 bits per heavy atom. The lowest BCUT2D eigenvalue weighted by atomic mass is 10.6. The van der Waals surface area contributed by atoms with Gasteiger partial charge in [0.2, 0.25) is 0 Å². The van der Waals surface area contributed by atoms with Gasteiger partial charge in [-0.2, -0.15) is 0 Å². The van der Waals surface area contributed by atoms with Crippen molar-refractivity contribution in [1.82, 2.24) is 5.32 Å². The van der Waals surface area contributed by atoms with Crippen molar-refractivity contribution in [1.29, 1.82) is 0 Å². The molecule has 0 aliphatic rings. The van der Waals surface area contributed by atoms with E-state index >= 15 is 0 Å². The normalized spacial score (nSPS) is 13.9. The number of ether oxygens (including phenoxy) is 1. The molecule has 1 atom stereocenters. The fraction of sp³-hybridized carbons (Fsp3) is 1.00. The molecule has 0 heterocycles. The van der Waals surface area contributed by atoms with E-state index in [0.29, 0.717) is 6.61 Å². The van der Waals surface area contributed by atoms with Gasteiger partial charge in [0.05, 0.1) is 6.73 Å². The highest BCUT2D eigenvalue weighted by molar-refractivity contribution is 4.38. The van der Waals surface area contributed by atoms with E-state index in [2.05, 4.69) is 5.32 Å². The largest absolute Gasteiger partial charge is 0.381 e. The average molecular weight is 119 g/mol. The van der Waals surface area contributed by atoms with Crippen LogP contribution in [0, 0.1) is 0 Å². The summed E-state index contributed by atoms with van der Waals surface area (Å²) in [6.07, 6.45) is -0.0370. The summed E-state index contributed by atoms with van der Waals surface area (Å²) in [5.74, 6) is 0. The molecule has 0 spiro atoms. The van der Waals surface area contributed by atoms with Gasteiger partial charge in [-0.05, 0) is 13.8 Å². The summed E-state index contributed by atoms with van der Waals surface area (Å²) >= 11 is 0. The van der Waals surface area contributed by atoms with Crippen molar-refractivity contribution >= 4 is 0 Å². The van der Waals surface area contributed by atoms with Crippen LogP contribution in [-0.4, -0.2) is 24.7 Å². The highest BCUT2D eigenvalue weighted by atomic mass is 16.5. The molecule has 0 saturated heterocycles. The van der Waals surface area contributed by atoms with E-state index in [4.69, 9.17) is 9.84 Å². The first-order chi connectivity index (χ1) is 3.81. The molecule has 0 aromatic rings. The molecule has 0 fully saturated rings. The number of nitrogens with one attached hydrogen (secondary N) is 1. The van der Waals surface area contributed by atoms with Gasteiger partial charge in [-0.3, -0.25) is 5.32 Å². The summed E-state index contributed by atoms with van der Waals surface area (Å²) in [6, 6.07) is 0. The molecular weight excluding hydrogens is 106 g/mol. The van der Waals surface area contributed by atoms with E-state index in [9.17, 15) is 0 Å². The summed E-state index contributed by atoms with van der Waals surface area (Å²) in [4.78, 5) is 0. The summed E-state index contributed by atoms with van der Waals surface area (Å²) in [5, 5.41) is 11.0. The molecule has 8 heavy (non-hydrogen) atoms. The lowest BCUT2D eigenvalue weighted by molar-refractivity contribution is 0.0326. The van der Waals surface area contributed by atoms with Crippen LogP contribution in [0.4, 0.5) is 0 Å². The second-order valence-electron chi connectivity index (χ2n) is 1.46. The van der Waals surface area contributed by atoms with Gasteiger partial charge in [0.25, 0.3) is 0 Å². The van der Waals surface area contributed by atoms with Gasteiger partial charge in [0.1, 0.15) is 6.23 Å². The van der Waals surface area contributed by atoms with Crippen LogP contribution in [0.3, 0.4) is 0 Å². The molecule has 3 heteroatoms. The summed E-state index contributed by atoms with van der Waals surface area (Å²) in [6.45, 7) is 4.41. The minimum atomic E-state index is -0.0370. The smallest absolute Gasteiger partial charge is 0.106 e. The monoisotopic (exact) mass is 119 g/mol. The first kappa shape index (κ1) is 7.88. The topological polar surface area (TPSA) is 41.5 Å². The lowest BCUT2D eigenvalue weighted by Gasteiger charge is -2.09. The zero-order chi connectivity index (χ0) is 6.41. The van der Waals surface area contributed by atoms with Gasteiger partial charge in [0, 0.05) is 6.61 Å². The Kier molecular flexibility index (Phi) is 4.95. The van der Waals surface area contributed by atoms with Crippen LogP contribution in [0.5, 0.6) is 0 Å². The fourth-order valence-electron chi connectivity index (χ4n) is 0.437. The Morgan fingerprint density at radius 1 is 1.75 bits per heavy atom. The van der Waals surface area contributed by atoms with E-state index in [1.165, 1.54) is 0 Å². The molecule has 0 bridgehead atoms. The van der Waals surface area contributed by atoms with Gasteiger partial charge in [-0.1, -0.05) is 0 Å². The maximum Gasteiger partial charge on any atom is 0.106 e. The Labute approximate surface area is 49.7 Å². The zero-order valence-electron chi connectivity index (χ0n) is 5.35. The number of aliphatic hydroxyl groups is 1. The second kappa shape index (κ2) is 5.03. The fourth-order valence-corrected chi connectivity index (χ4v) is 0.437. The van der Waals surface area contributed by atoms with E-state index in [1.54, 1.807) is 0 Å². The van der Waals surface area contributed by atoms with Gasteiger partial charge >= 0.3 is 0 Å². The van der Waals surface area contributed by atoms with Crippen LogP contribution in [-0.2, 0) is 4.74 Å². The van der Waals surface area contributed by atoms with Crippen molar-refractivity contribution in [3.05, 3.63) is 0 Å². The van der Waals surface area contributed by atoms with Crippen molar-refractivity contribution < 1.29 is 9.84 Å². The van der Waals surface area contributed by atoms with Crippen LogP contribution < -0.4 is 5.32 Å². The van der Waals surface area contributed by atoms with Crippen LogP contribution in [0.1, 0.15) is 13.8 Å². The molecule has 0 saturated carbocycles. The zero-order valence-corrected chi connectivity index (χ0v) is 5.35. The number of hydrogen-bond acceptors (Lipinski definition) is 3. The Hall–Kier alpha value is -0.120. The molecule has 50 valence electrons. The highest BCUT2D eigenvalue weighted by Crippen LogP contribution is 1.81. The van der Waals surface area contributed by atoms with Gasteiger partial charge in [0.15, 0.2) is 0 Å². The maximum atomic E-state index is 8.27. The van der Waals surface area contributed by atoms with E-state index < -0.39 is 0 Å². The lowest BCUT2D eigenvalue weighted by Crippen LogP contribution is -2.29. The summed E-state index contributed by atoms with van der Waals surface area (Å²) in [5.41, 5.74) is 0. The minimum Gasteiger partial charge on any atom is -0.381 e. The van der Waals surface area contributed by atoms with Gasteiger partial charge in [-0.15, -0.1) is 0 Å². The molecule has 1 unspecified atom stereocenters. The van der Waals surface area contributed by atoms with Crippen molar-refractivity contribution in [3.8, 4) is 0 Å². The van der Waals surface area contributed by atoms with E-state index in [1.807, 2.05) is 13.8 Å². The molecule has 0 aliphatic carbocycles. The molecule has 0 aromatic heterocycles. The third-order valence-electron chi connectivity index (χ3n) is 0.795. The van der Waals surface area contributed by atoms with Gasteiger partial charge in [-0.25, -0.2) is 0 Å². The number of hydrogen-bond donors (Lipinski definition) is 2. The number of aliphatic hydroxyl groups excluding tert-OH is 1. The highest BCUT2D eigenvalue weighted by Gasteiger charge is 1.93. The summed E-state index contributed by atoms with van der Waals surface area (Å²) < 4.78 is 5.01. The van der Waals surface area contributed by atoms with E-state index in [-0.39, 0.29) is 13.0 Å². The quantitative estimate of drug-likeness (QED) is 0.508.